The van der Waals surface area contributed by atoms with Crippen molar-refractivity contribution in [3.05, 3.63) is 49.3 Å². The molecule has 2 aromatic heterocycles. The first-order chi connectivity index (χ1) is 8.97. The number of nitrogens with zero attached hydrogens (tertiary/aromatic N) is 2. The molecule has 0 unspecified atom stereocenters. The van der Waals surface area contributed by atoms with Gasteiger partial charge < -0.3 is 4.90 Å². The van der Waals surface area contributed by atoms with Gasteiger partial charge in [0.05, 0.1) is 15.9 Å². The number of halogens is 3. The molecule has 0 aliphatic rings. The summed E-state index contributed by atoms with van der Waals surface area (Å²) in [6, 6.07) is 6.77. The maximum atomic E-state index is 12.2. The Hall–Kier alpha value is -0.810. The molecule has 2 aromatic rings. The first-order valence-electron chi connectivity index (χ1n) is 5.29. The summed E-state index contributed by atoms with van der Waals surface area (Å²) in [7, 11) is 1.68. The van der Waals surface area contributed by atoms with E-state index in [0.29, 0.717) is 10.9 Å². The number of thiophene rings is 1. The number of carbonyl (C=O) groups is 1. The molecule has 19 heavy (non-hydrogen) atoms. The van der Waals surface area contributed by atoms with Gasteiger partial charge in [-0.1, -0.05) is 34.8 Å². The van der Waals surface area contributed by atoms with Crippen LogP contribution in [0.4, 0.5) is 0 Å². The van der Waals surface area contributed by atoms with Gasteiger partial charge in [-0.2, -0.15) is 0 Å². The highest BCUT2D eigenvalue weighted by Gasteiger charge is 2.18. The summed E-state index contributed by atoms with van der Waals surface area (Å²) in [6.07, 6.45) is 0. The van der Waals surface area contributed by atoms with Gasteiger partial charge in [0.2, 0.25) is 0 Å². The van der Waals surface area contributed by atoms with Gasteiger partial charge in [-0.05, 0) is 24.3 Å². The minimum Gasteiger partial charge on any atom is -0.335 e. The second-order valence-corrected chi connectivity index (χ2v) is 6.43. The van der Waals surface area contributed by atoms with Crippen molar-refractivity contribution in [2.45, 2.75) is 6.54 Å². The first-order valence-corrected chi connectivity index (χ1v) is 7.24. The van der Waals surface area contributed by atoms with Crippen LogP contribution in [0, 0.1) is 0 Å². The molecule has 2 rings (SSSR count). The third-order valence-corrected chi connectivity index (χ3v) is 4.11. The lowest BCUT2D eigenvalue weighted by atomic mass is 10.3. The van der Waals surface area contributed by atoms with Crippen molar-refractivity contribution in [3.63, 3.8) is 0 Å². The van der Waals surface area contributed by atoms with Crippen LogP contribution in [0.2, 0.25) is 14.5 Å². The number of hydrogen-bond donors (Lipinski definition) is 0. The van der Waals surface area contributed by atoms with Crippen molar-refractivity contribution >= 4 is 52.0 Å². The highest BCUT2D eigenvalue weighted by atomic mass is 35.5. The Bertz CT molecular complexity index is 615. The van der Waals surface area contributed by atoms with Gasteiger partial charge in [0.1, 0.15) is 10.8 Å². The lowest BCUT2D eigenvalue weighted by Gasteiger charge is -2.16. The van der Waals surface area contributed by atoms with Gasteiger partial charge in [-0.3, -0.25) is 4.79 Å². The summed E-state index contributed by atoms with van der Waals surface area (Å²) < 4.78 is 0.690. The zero-order valence-corrected chi connectivity index (χ0v) is 12.9. The number of aromatic nitrogens is 1. The summed E-state index contributed by atoms with van der Waals surface area (Å²) in [5.74, 6) is -0.281. The van der Waals surface area contributed by atoms with E-state index in [1.807, 2.05) is 6.07 Å². The van der Waals surface area contributed by atoms with Crippen molar-refractivity contribution in [1.29, 1.82) is 0 Å². The third-order valence-electron chi connectivity index (χ3n) is 2.38. The quantitative estimate of drug-likeness (QED) is 0.780. The Kier molecular flexibility index (Phi) is 4.68. The molecule has 0 aliphatic heterocycles. The Morgan fingerprint density at radius 2 is 2.00 bits per heavy atom. The highest BCUT2D eigenvalue weighted by molar-refractivity contribution is 7.16. The van der Waals surface area contributed by atoms with Crippen LogP contribution in [0.3, 0.4) is 0 Å². The molecule has 7 heteroatoms. The Labute approximate surface area is 129 Å². The molecular weight excluding hydrogens is 327 g/mol. The van der Waals surface area contributed by atoms with Crippen molar-refractivity contribution in [1.82, 2.24) is 9.88 Å². The van der Waals surface area contributed by atoms with Crippen LogP contribution < -0.4 is 0 Å². The van der Waals surface area contributed by atoms with Gasteiger partial charge in [0, 0.05) is 11.9 Å². The molecule has 1 amide bonds. The van der Waals surface area contributed by atoms with E-state index in [9.17, 15) is 4.79 Å². The molecule has 0 aromatic carbocycles. The molecule has 0 N–H and O–H groups in total. The Morgan fingerprint density at radius 3 is 2.63 bits per heavy atom. The van der Waals surface area contributed by atoms with Crippen LogP contribution in [0.15, 0.2) is 24.3 Å². The Balaban J connectivity index is 2.16. The van der Waals surface area contributed by atoms with Crippen LogP contribution in [0.5, 0.6) is 0 Å². The van der Waals surface area contributed by atoms with Gasteiger partial charge in [0.25, 0.3) is 5.91 Å². The van der Waals surface area contributed by atoms with Gasteiger partial charge in [0.15, 0.2) is 0 Å². The predicted molar refractivity (Wildman–Crippen MR) is 79.4 cm³/mol. The standard InChI is InChI=1S/C12H9Cl3N2OS/c1-17(6-7-2-5-10(15)19-7)12(18)11-8(13)3-4-9(14)16-11/h2-5H,6H2,1H3. The molecule has 0 saturated carbocycles. The summed E-state index contributed by atoms with van der Waals surface area (Å²) in [5.41, 5.74) is 0.152. The highest BCUT2D eigenvalue weighted by Crippen LogP contribution is 2.24. The predicted octanol–water partition coefficient (Wildman–Crippen LogP) is 4.38. The minimum absolute atomic E-state index is 0.152. The fourth-order valence-electron chi connectivity index (χ4n) is 1.49. The maximum Gasteiger partial charge on any atom is 0.274 e. The molecule has 0 saturated heterocycles. The number of hydrogen-bond acceptors (Lipinski definition) is 3. The van der Waals surface area contributed by atoms with Gasteiger partial charge in [-0.25, -0.2) is 4.98 Å². The van der Waals surface area contributed by atoms with Crippen molar-refractivity contribution < 1.29 is 4.79 Å². The summed E-state index contributed by atoms with van der Waals surface area (Å²) >= 11 is 19.0. The smallest absolute Gasteiger partial charge is 0.274 e. The minimum atomic E-state index is -0.281. The molecule has 0 spiro atoms. The fourth-order valence-corrected chi connectivity index (χ4v) is 2.97. The lowest BCUT2D eigenvalue weighted by molar-refractivity contribution is 0.0781. The van der Waals surface area contributed by atoms with Gasteiger partial charge in [-0.15, -0.1) is 11.3 Å². The largest absolute Gasteiger partial charge is 0.335 e. The van der Waals surface area contributed by atoms with Crippen molar-refractivity contribution in [2.24, 2.45) is 0 Å². The average Bonchev–Trinajstić information content (AvgIpc) is 2.77. The normalized spacial score (nSPS) is 10.5. The second-order valence-electron chi connectivity index (χ2n) is 3.83. The number of carbonyl (C=O) groups excluding carboxylic acids is 1. The summed E-state index contributed by atoms with van der Waals surface area (Å²) in [5, 5.41) is 0.519. The molecular formula is C12H9Cl3N2OS. The average molecular weight is 336 g/mol. The molecule has 3 nitrogen and oxygen atoms in total. The van der Waals surface area contributed by atoms with E-state index in [2.05, 4.69) is 4.98 Å². The van der Waals surface area contributed by atoms with Crippen LogP contribution in [0.25, 0.3) is 0 Å². The molecule has 0 aliphatic carbocycles. The molecule has 0 radical (unpaired) electrons. The topological polar surface area (TPSA) is 33.2 Å². The maximum absolute atomic E-state index is 12.2. The molecule has 0 atom stereocenters. The van der Waals surface area contributed by atoms with E-state index in [4.69, 9.17) is 34.8 Å². The number of pyridine rings is 1. The second kappa shape index (κ2) is 6.09. The van der Waals surface area contributed by atoms with Gasteiger partial charge >= 0.3 is 0 Å². The van der Waals surface area contributed by atoms with E-state index in [1.165, 1.54) is 16.2 Å². The van der Waals surface area contributed by atoms with E-state index >= 15 is 0 Å². The number of rotatable bonds is 3. The van der Waals surface area contributed by atoms with Crippen LogP contribution in [0.1, 0.15) is 15.4 Å². The molecule has 100 valence electrons. The zero-order valence-electron chi connectivity index (χ0n) is 9.86. The Morgan fingerprint density at radius 1 is 1.26 bits per heavy atom. The number of amides is 1. The van der Waals surface area contributed by atoms with Crippen molar-refractivity contribution in [3.8, 4) is 0 Å². The van der Waals surface area contributed by atoms with Crippen LogP contribution in [-0.2, 0) is 6.54 Å². The van der Waals surface area contributed by atoms with E-state index < -0.39 is 0 Å². The molecule has 0 bridgehead atoms. The lowest BCUT2D eigenvalue weighted by Crippen LogP contribution is -2.27. The first kappa shape index (κ1) is 14.6. The van der Waals surface area contributed by atoms with Crippen LogP contribution >= 0.6 is 46.1 Å². The zero-order chi connectivity index (χ0) is 14.0. The van der Waals surface area contributed by atoms with E-state index in [-0.39, 0.29) is 21.8 Å². The third kappa shape index (κ3) is 3.60. The van der Waals surface area contributed by atoms with Crippen LogP contribution in [-0.4, -0.2) is 22.8 Å². The van der Waals surface area contributed by atoms with Crippen molar-refractivity contribution in [2.75, 3.05) is 7.05 Å². The van der Waals surface area contributed by atoms with E-state index in [0.717, 1.165) is 4.88 Å². The van der Waals surface area contributed by atoms with E-state index in [1.54, 1.807) is 25.2 Å². The monoisotopic (exact) mass is 334 g/mol. The fraction of sp³-hybridized carbons (Fsp3) is 0.167. The molecule has 2 heterocycles. The molecule has 0 fully saturated rings. The summed E-state index contributed by atoms with van der Waals surface area (Å²) in [4.78, 5) is 18.7. The SMILES string of the molecule is CN(Cc1ccc(Cl)s1)C(=O)c1nc(Cl)ccc1Cl. The summed E-state index contributed by atoms with van der Waals surface area (Å²) in [6.45, 7) is 0.445.